The van der Waals surface area contributed by atoms with E-state index in [4.69, 9.17) is 9.15 Å². The smallest absolute Gasteiger partial charge is 0.300 e. The number of carbonyl (C=O) groups is 1. The molecular weight excluding hydrogens is 476 g/mol. The van der Waals surface area contributed by atoms with Crippen LogP contribution in [0.1, 0.15) is 18.5 Å². The van der Waals surface area contributed by atoms with Crippen molar-refractivity contribution in [2.24, 2.45) is 0 Å². The number of ether oxygens (including phenoxy) is 1. The minimum Gasteiger partial charge on any atom is -0.437 e. The highest BCUT2D eigenvalue weighted by atomic mass is 16.5. The van der Waals surface area contributed by atoms with Gasteiger partial charge in [0.15, 0.2) is 0 Å². The molecule has 0 saturated heterocycles. The molecule has 7 heteroatoms. The monoisotopic (exact) mass is 502 g/mol. The number of furan rings is 1. The van der Waals surface area contributed by atoms with Gasteiger partial charge in [0.05, 0.1) is 18.0 Å². The first kappa shape index (κ1) is 24.8. The zero-order valence-corrected chi connectivity index (χ0v) is 21.1. The van der Waals surface area contributed by atoms with Crippen LogP contribution in [-0.2, 0) is 9.53 Å². The van der Waals surface area contributed by atoms with Gasteiger partial charge in [0, 0.05) is 23.9 Å². The van der Waals surface area contributed by atoms with Crippen molar-refractivity contribution in [2.75, 3.05) is 24.4 Å². The number of nitrogens with one attached hydrogen (secondary N) is 2. The summed E-state index contributed by atoms with van der Waals surface area (Å²) in [4.78, 5) is 21.2. The van der Waals surface area contributed by atoms with Crippen molar-refractivity contribution in [1.82, 2.24) is 9.97 Å². The number of amides is 1. The number of anilines is 2. The predicted molar refractivity (Wildman–Crippen MR) is 149 cm³/mol. The first-order chi connectivity index (χ1) is 18.7. The van der Waals surface area contributed by atoms with Crippen molar-refractivity contribution in [3.05, 3.63) is 96.8 Å². The number of hydrogen-bond donors (Lipinski definition) is 2. The van der Waals surface area contributed by atoms with Gasteiger partial charge in [0.1, 0.15) is 17.9 Å². The number of benzene rings is 3. The fourth-order valence-electron chi connectivity index (χ4n) is 4.38. The SMILES string of the molecule is CC#CC(=O)Nc1cccc(-c2c(-c3ccccc3)oc3ncnc(N[C@H](COC)c4ccccc4)c23)c1. The molecule has 38 heavy (non-hydrogen) atoms. The van der Waals surface area contributed by atoms with E-state index in [1.54, 1.807) is 14.0 Å². The average molecular weight is 503 g/mol. The van der Waals surface area contributed by atoms with Crippen LogP contribution in [0.5, 0.6) is 0 Å². The van der Waals surface area contributed by atoms with E-state index in [1.807, 2.05) is 84.9 Å². The van der Waals surface area contributed by atoms with Gasteiger partial charge in [-0.2, -0.15) is 0 Å². The van der Waals surface area contributed by atoms with Gasteiger partial charge in [0.25, 0.3) is 5.91 Å². The first-order valence-corrected chi connectivity index (χ1v) is 12.2. The Kier molecular flexibility index (Phi) is 7.44. The largest absolute Gasteiger partial charge is 0.437 e. The summed E-state index contributed by atoms with van der Waals surface area (Å²) in [6.07, 6.45) is 1.49. The standard InChI is InChI=1S/C31H26N4O3/c1-3-11-26(36)34-24-17-10-16-23(18-24)27-28-30(35-25(19-37-2)21-12-6-4-7-13-21)32-20-33-31(28)38-29(27)22-14-8-5-9-15-22/h4-10,12-18,20,25H,19H2,1-2H3,(H,34,36)(H,32,33,35)/t25-/m1/s1. The summed E-state index contributed by atoms with van der Waals surface area (Å²) in [7, 11) is 1.67. The van der Waals surface area contributed by atoms with Crippen molar-refractivity contribution in [3.8, 4) is 34.3 Å². The fraction of sp³-hybridized carbons (Fsp3) is 0.129. The third-order valence-electron chi connectivity index (χ3n) is 6.02. The molecule has 1 atom stereocenters. The van der Waals surface area contributed by atoms with Gasteiger partial charge in [-0.05, 0) is 36.1 Å². The second-order valence-corrected chi connectivity index (χ2v) is 8.55. The molecule has 3 aromatic carbocycles. The molecule has 1 amide bonds. The second kappa shape index (κ2) is 11.4. The van der Waals surface area contributed by atoms with E-state index in [1.165, 1.54) is 6.33 Å². The summed E-state index contributed by atoms with van der Waals surface area (Å²) in [6.45, 7) is 2.06. The molecule has 0 aliphatic rings. The number of methoxy groups -OCH3 is 1. The molecule has 5 rings (SSSR count). The van der Waals surface area contributed by atoms with E-state index >= 15 is 0 Å². The maximum atomic E-state index is 12.1. The molecule has 0 radical (unpaired) electrons. The third-order valence-corrected chi connectivity index (χ3v) is 6.02. The van der Waals surface area contributed by atoms with Crippen molar-refractivity contribution >= 4 is 28.5 Å². The number of nitrogens with zero attached hydrogens (tertiary/aromatic N) is 2. The summed E-state index contributed by atoms with van der Waals surface area (Å²) in [5.74, 6) is 6.04. The maximum absolute atomic E-state index is 12.1. The van der Waals surface area contributed by atoms with E-state index in [-0.39, 0.29) is 11.9 Å². The van der Waals surface area contributed by atoms with E-state index in [9.17, 15) is 4.79 Å². The van der Waals surface area contributed by atoms with Crippen molar-refractivity contribution < 1.29 is 13.9 Å². The molecule has 0 fully saturated rings. The third kappa shape index (κ3) is 5.26. The Morgan fingerprint density at radius 2 is 1.71 bits per heavy atom. The minimum absolute atomic E-state index is 0.152. The maximum Gasteiger partial charge on any atom is 0.300 e. The molecule has 0 spiro atoms. The fourth-order valence-corrected chi connectivity index (χ4v) is 4.38. The van der Waals surface area contributed by atoms with Crippen LogP contribution in [0.3, 0.4) is 0 Å². The van der Waals surface area contributed by atoms with Gasteiger partial charge in [-0.15, -0.1) is 0 Å². The van der Waals surface area contributed by atoms with Crippen LogP contribution in [0, 0.1) is 11.8 Å². The zero-order valence-electron chi connectivity index (χ0n) is 21.1. The lowest BCUT2D eigenvalue weighted by atomic mass is 9.98. The zero-order chi connectivity index (χ0) is 26.3. The Morgan fingerprint density at radius 3 is 2.45 bits per heavy atom. The lowest BCUT2D eigenvalue weighted by Crippen LogP contribution is -2.17. The van der Waals surface area contributed by atoms with Crippen LogP contribution in [0.25, 0.3) is 33.6 Å². The van der Waals surface area contributed by atoms with Gasteiger partial charge >= 0.3 is 0 Å². The Balaban J connectivity index is 1.68. The Hall–Kier alpha value is -4.93. The van der Waals surface area contributed by atoms with Crippen molar-refractivity contribution in [2.45, 2.75) is 13.0 Å². The Labute approximate surface area is 220 Å². The van der Waals surface area contributed by atoms with E-state index in [0.717, 1.165) is 27.6 Å². The molecule has 5 aromatic rings. The topological polar surface area (TPSA) is 89.3 Å². The lowest BCUT2D eigenvalue weighted by Gasteiger charge is -2.19. The number of rotatable bonds is 8. The normalized spacial score (nSPS) is 11.4. The molecule has 7 nitrogen and oxygen atoms in total. The van der Waals surface area contributed by atoms with Gasteiger partial charge in [0.2, 0.25) is 5.71 Å². The quantitative estimate of drug-likeness (QED) is 0.242. The average Bonchev–Trinajstić information content (AvgIpc) is 3.35. The molecule has 0 aliphatic carbocycles. The highest BCUT2D eigenvalue weighted by Crippen LogP contribution is 2.43. The Morgan fingerprint density at radius 1 is 0.974 bits per heavy atom. The minimum atomic E-state index is -0.374. The molecular formula is C31H26N4O3. The van der Waals surface area contributed by atoms with Crippen LogP contribution in [0.15, 0.2) is 95.7 Å². The summed E-state index contributed by atoms with van der Waals surface area (Å²) in [5.41, 5.74) is 4.69. The molecule has 2 heterocycles. The van der Waals surface area contributed by atoms with E-state index in [0.29, 0.717) is 29.6 Å². The first-order valence-electron chi connectivity index (χ1n) is 12.2. The van der Waals surface area contributed by atoms with Gasteiger partial charge in [-0.3, -0.25) is 4.79 Å². The van der Waals surface area contributed by atoms with Gasteiger partial charge < -0.3 is 19.8 Å². The number of carbonyl (C=O) groups excluding carboxylic acids is 1. The second-order valence-electron chi connectivity index (χ2n) is 8.55. The van der Waals surface area contributed by atoms with Crippen LogP contribution >= 0.6 is 0 Å². The molecule has 2 aromatic heterocycles. The molecule has 0 bridgehead atoms. The van der Waals surface area contributed by atoms with Crippen LogP contribution < -0.4 is 10.6 Å². The molecule has 0 aliphatic heterocycles. The van der Waals surface area contributed by atoms with Crippen LogP contribution in [-0.4, -0.2) is 29.6 Å². The number of hydrogen-bond acceptors (Lipinski definition) is 6. The van der Waals surface area contributed by atoms with Gasteiger partial charge in [-0.25, -0.2) is 9.97 Å². The lowest BCUT2D eigenvalue weighted by molar-refractivity contribution is -0.111. The van der Waals surface area contributed by atoms with Crippen LogP contribution in [0.4, 0.5) is 11.5 Å². The van der Waals surface area contributed by atoms with E-state index < -0.39 is 0 Å². The molecule has 2 N–H and O–H groups in total. The molecule has 0 unspecified atom stereocenters. The molecule has 0 saturated carbocycles. The van der Waals surface area contributed by atoms with Gasteiger partial charge in [-0.1, -0.05) is 78.7 Å². The summed E-state index contributed by atoms with van der Waals surface area (Å²) in [5, 5.41) is 7.12. The predicted octanol–water partition coefficient (Wildman–Crippen LogP) is 6.32. The van der Waals surface area contributed by atoms with E-state index in [2.05, 4.69) is 32.4 Å². The number of fused-ring (bicyclic) bond motifs is 1. The number of aromatic nitrogens is 2. The molecule has 188 valence electrons. The van der Waals surface area contributed by atoms with Crippen molar-refractivity contribution in [3.63, 3.8) is 0 Å². The summed E-state index contributed by atoms with van der Waals surface area (Å²) >= 11 is 0. The Bertz CT molecular complexity index is 1620. The van der Waals surface area contributed by atoms with Crippen molar-refractivity contribution in [1.29, 1.82) is 0 Å². The summed E-state index contributed by atoms with van der Waals surface area (Å²) < 4.78 is 11.9. The van der Waals surface area contributed by atoms with Crippen LogP contribution in [0.2, 0.25) is 0 Å². The highest BCUT2D eigenvalue weighted by molar-refractivity contribution is 6.07. The highest BCUT2D eigenvalue weighted by Gasteiger charge is 2.24. The summed E-state index contributed by atoms with van der Waals surface area (Å²) in [6, 6.07) is 27.3.